The number of carbonyl (C=O) groups excluding carboxylic acids is 3. The van der Waals surface area contributed by atoms with Crippen molar-refractivity contribution in [2.45, 2.75) is 44.9 Å². The number of nitrogens with zero attached hydrogens (tertiary/aromatic N) is 2. The predicted molar refractivity (Wildman–Crippen MR) is 153 cm³/mol. The second-order valence-electron chi connectivity index (χ2n) is 10.5. The predicted octanol–water partition coefficient (Wildman–Crippen LogP) is 4.90. The number of hydrogen-bond acceptors (Lipinski definition) is 5. The van der Waals surface area contributed by atoms with Gasteiger partial charge in [-0.15, -0.1) is 4.48 Å². The maximum absolute atomic E-state index is 13.5. The zero-order valence-corrected chi connectivity index (χ0v) is 23.4. The van der Waals surface area contributed by atoms with Gasteiger partial charge in [-0.3, -0.25) is 14.5 Å². The van der Waals surface area contributed by atoms with E-state index in [1.165, 1.54) is 11.9 Å². The fourth-order valence-corrected chi connectivity index (χ4v) is 5.22. The minimum atomic E-state index is -1.22. The lowest BCUT2D eigenvalue weighted by Gasteiger charge is -2.33. The molecule has 2 unspecified atom stereocenters. The molecule has 1 aliphatic heterocycles. The number of benzene rings is 3. The minimum absolute atomic E-state index is 0.181. The molecule has 2 N–H and O–H groups in total. The summed E-state index contributed by atoms with van der Waals surface area (Å²) in [5.41, 5.74) is 2.24. The van der Waals surface area contributed by atoms with Crippen molar-refractivity contribution in [2.24, 2.45) is 0 Å². The Morgan fingerprint density at radius 1 is 0.951 bits per heavy atom. The Balaban J connectivity index is 1.48. The number of ketones is 1. The molecule has 214 valence electrons. The van der Waals surface area contributed by atoms with Crippen LogP contribution in [0.15, 0.2) is 84.9 Å². The van der Waals surface area contributed by atoms with E-state index in [9.17, 15) is 24.3 Å². The monoisotopic (exact) mass is 558 g/mol. The van der Waals surface area contributed by atoms with Gasteiger partial charge in [0.1, 0.15) is 18.4 Å². The maximum atomic E-state index is 13.5. The molecule has 0 radical (unpaired) electrons. The van der Waals surface area contributed by atoms with Gasteiger partial charge in [-0.1, -0.05) is 60.7 Å². The van der Waals surface area contributed by atoms with E-state index >= 15 is 0 Å². The molecule has 9 heteroatoms. The molecule has 3 atom stereocenters. The lowest BCUT2D eigenvalue weighted by atomic mass is 10.0. The van der Waals surface area contributed by atoms with Crippen LogP contribution in [0.4, 0.5) is 9.59 Å². The highest BCUT2D eigenvalue weighted by molar-refractivity contribution is 5.99. The van der Waals surface area contributed by atoms with Gasteiger partial charge in [0.2, 0.25) is 0 Å². The number of hydrogen-bond donors (Lipinski definition) is 2. The van der Waals surface area contributed by atoms with Crippen LogP contribution in [0, 0.1) is 0 Å². The minimum Gasteiger partial charge on any atom is -0.489 e. The van der Waals surface area contributed by atoms with E-state index in [1.807, 2.05) is 54.6 Å². The lowest BCUT2D eigenvalue weighted by Crippen LogP contribution is -2.63. The molecule has 1 fully saturated rings. The van der Waals surface area contributed by atoms with E-state index in [4.69, 9.17) is 4.74 Å². The molecule has 1 heterocycles. The molecular weight excluding hydrogens is 522 g/mol. The van der Waals surface area contributed by atoms with E-state index in [1.54, 1.807) is 37.3 Å². The van der Waals surface area contributed by atoms with Crippen molar-refractivity contribution in [3.63, 3.8) is 0 Å². The van der Waals surface area contributed by atoms with E-state index in [2.05, 4.69) is 5.32 Å². The number of likely N-dealkylation sites (tertiary alicyclic amines) is 1. The average molecular weight is 559 g/mol. The van der Waals surface area contributed by atoms with Crippen LogP contribution in [0.3, 0.4) is 0 Å². The van der Waals surface area contributed by atoms with Crippen molar-refractivity contribution in [1.82, 2.24) is 10.2 Å². The van der Waals surface area contributed by atoms with Gasteiger partial charge in [0, 0.05) is 25.5 Å². The van der Waals surface area contributed by atoms with Crippen LogP contribution in [0.25, 0.3) is 0 Å². The number of imide groups is 1. The summed E-state index contributed by atoms with van der Waals surface area (Å²) in [6.07, 6.45) is 0.193. The molecule has 0 aromatic heterocycles. The third kappa shape index (κ3) is 6.99. The van der Waals surface area contributed by atoms with Gasteiger partial charge in [-0.2, -0.15) is 4.79 Å². The van der Waals surface area contributed by atoms with Crippen LogP contribution in [0.1, 0.15) is 41.3 Å². The summed E-state index contributed by atoms with van der Waals surface area (Å²) in [6, 6.07) is 23.7. The van der Waals surface area contributed by atoms with Gasteiger partial charge in [-0.25, -0.2) is 4.79 Å². The number of amides is 4. The summed E-state index contributed by atoms with van der Waals surface area (Å²) in [6.45, 7) is 2.01. The molecule has 4 rings (SSSR count). The standard InChI is InChI=1S/C32H35N3O6/c1-23-10-9-19-35(23,32(39)40)31(38)34(2)21-29(36)28(33-30(37)26-13-7-4-8-14-26)20-24-15-17-27(18-16-24)41-22-25-11-5-3-6-12-25/h3-8,11-18,23,28H,9-10,19-22H2,1-2H3,(H-,33,37,39,40)/p+1/t23-,28?,35?/m1/s1. The molecular formula is C32H36N3O6+. The number of nitrogens with one attached hydrogen (secondary N) is 1. The number of Topliss-reactive ketones (excluding diaryl/α,β-unsaturated/α-hetero) is 1. The highest BCUT2D eigenvalue weighted by atomic mass is 16.5. The van der Waals surface area contributed by atoms with Gasteiger partial charge in [0.25, 0.3) is 5.91 Å². The van der Waals surface area contributed by atoms with Crippen LogP contribution in [0.5, 0.6) is 5.75 Å². The fraction of sp³-hybridized carbons (Fsp3) is 0.312. The van der Waals surface area contributed by atoms with Gasteiger partial charge >= 0.3 is 12.1 Å². The van der Waals surface area contributed by atoms with Crippen molar-refractivity contribution in [1.29, 1.82) is 0 Å². The number of urea groups is 1. The molecule has 9 nitrogen and oxygen atoms in total. The van der Waals surface area contributed by atoms with Crippen molar-refractivity contribution < 1.29 is 33.5 Å². The highest BCUT2D eigenvalue weighted by Gasteiger charge is 2.54. The molecule has 1 saturated heterocycles. The molecule has 41 heavy (non-hydrogen) atoms. The van der Waals surface area contributed by atoms with E-state index < -0.39 is 40.4 Å². The van der Waals surface area contributed by atoms with E-state index in [0.717, 1.165) is 11.1 Å². The second kappa shape index (κ2) is 13.2. The van der Waals surface area contributed by atoms with Crippen LogP contribution in [-0.2, 0) is 17.8 Å². The smallest absolute Gasteiger partial charge is 0.489 e. The Morgan fingerprint density at radius 2 is 1.59 bits per heavy atom. The Bertz CT molecular complexity index is 1360. The van der Waals surface area contributed by atoms with Crippen molar-refractivity contribution in [2.75, 3.05) is 20.1 Å². The summed E-state index contributed by atoms with van der Waals surface area (Å²) >= 11 is 0. The van der Waals surface area contributed by atoms with Crippen molar-refractivity contribution >= 4 is 23.8 Å². The van der Waals surface area contributed by atoms with Gasteiger partial charge in [-0.05, 0) is 48.7 Å². The van der Waals surface area contributed by atoms with Crippen LogP contribution >= 0.6 is 0 Å². The molecule has 0 bridgehead atoms. The Hall–Kier alpha value is -4.50. The summed E-state index contributed by atoms with van der Waals surface area (Å²) < 4.78 is 5.13. The summed E-state index contributed by atoms with van der Waals surface area (Å²) in [5, 5.41) is 12.8. The van der Waals surface area contributed by atoms with E-state index in [0.29, 0.717) is 30.8 Å². The second-order valence-corrected chi connectivity index (χ2v) is 10.5. The first-order chi connectivity index (χ1) is 19.7. The number of ether oxygens (including phenoxy) is 1. The van der Waals surface area contributed by atoms with Crippen molar-refractivity contribution in [3.8, 4) is 5.75 Å². The molecule has 3 aromatic carbocycles. The quantitative estimate of drug-likeness (QED) is 0.342. The third-order valence-electron chi connectivity index (χ3n) is 7.63. The molecule has 3 aromatic rings. The number of likely N-dealkylation sites (N-methyl/N-ethyl adjacent to an activating group) is 1. The first-order valence-electron chi connectivity index (χ1n) is 13.7. The number of carbonyl (C=O) groups is 4. The van der Waals surface area contributed by atoms with Crippen LogP contribution in [-0.4, -0.2) is 70.5 Å². The zero-order chi connectivity index (χ0) is 29.4. The van der Waals surface area contributed by atoms with Gasteiger partial charge in [0.15, 0.2) is 5.78 Å². The summed E-state index contributed by atoms with van der Waals surface area (Å²) in [7, 11) is 1.43. The number of rotatable bonds is 10. The molecule has 0 aliphatic carbocycles. The lowest BCUT2D eigenvalue weighted by molar-refractivity contribution is -0.790. The number of quaternary nitrogens is 1. The topological polar surface area (TPSA) is 113 Å². The SMILES string of the molecule is C[C@@H]1CCC[N+]1(C(=O)O)C(=O)N(C)CC(=O)C(Cc1ccc(OCc2ccccc2)cc1)NC(=O)c1ccccc1. The highest BCUT2D eigenvalue weighted by Crippen LogP contribution is 2.29. The van der Waals surface area contributed by atoms with Gasteiger partial charge in [0.05, 0.1) is 19.1 Å². The normalized spacial score (nSPS) is 18.7. The maximum Gasteiger partial charge on any atom is 0.523 e. The summed E-state index contributed by atoms with van der Waals surface area (Å²) in [4.78, 5) is 53.2. The first-order valence-corrected chi connectivity index (χ1v) is 13.7. The molecule has 0 saturated carbocycles. The molecule has 0 spiro atoms. The number of carboxylic acid groups (broad SMARTS) is 1. The molecule has 4 amide bonds. The Labute approximate surface area is 239 Å². The van der Waals surface area contributed by atoms with Crippen molar-refractivity contribution in [3.05, 3.63) is 102 Å². The first kappa shape index (κ1) is 29.5. The van der Waals surface area contributed by atoms with Crippen LogP contribution < -0.4 is 10.1 Å². The fourth-order valence-electron chi connectivity index (χ4n) is 5.22. The third-order valence-corrected chi connectivity index (χ3v) is 7.63. The zero-order valence-electron chi connectivity index (χ0n) is 23.4. The Kier molecular flexibility index (Phi) is 9.52. The van der Waals surface area contributed by atoms with Crippen LogP contribution in [0.2, 0.25) is 0 Å². The molecule has 1 aliphatic rings. The van der Waals surface area contributed by atoms with E-state index in [-0.39, 0.29) is 19.5 Å². The largest absolute Gasteiger partial charge is 0.523 e. The average Bonchev–Trinajstić information content (AvgIpc) is 3.39. The summed E-state index contributed by atoms with van der Waals surface area (Å²) in [5.74, 6) is -0.144. The Morgan fingerprint density at radius 3 is 2.17 bits per heavy atom. The van der Waals surface area contributed by atoms with Gasteiger partial charge < -0.3 is 15.2 Å².